The van der Waals surface area contributed by atoms with E-state index >= 15 is 0 Å². The quantitative estimate of drug-likeness (QED) is 0.584. The lowest BCUT2D eigenvalue weighted by molar-refractivity contribution is -0.114. The Labute approximate surface area is 67.9 Å². The van der Waals surface area contributed by atoms with Gasteiger partial charge in [0, 0.05) is 12.1 Å². The van der Waals surface area contributed by atoms with Gasteiger partial charge in [0.1, 0.15) is 0 Å². The van der Waals surface area contributed by atoms with Crippen LogP contribution in [0.2, 0.25) is 0 Å². The third-order valence-electron chi connectivity index (χ3n) is 1.66. The van der Waals surface area contributed by atoms with Crippen LogP contribution in [0, 0.1) is 0 Å². The van der Waals surface area contributed by atoms with Gasteiger partial charge < -0.3 is 5.73 Å². The molecular weight excluding hydrogens is 140 g/mol. The van der Waals surface area contributed by atoms with Gasteiger partial charge in [0.05, 0.1) is 0 Å². The first kappa shape index (κ1) is 10.2. The maximum Gasteiger partial charge on any atom is 0.245 e. The molecule has 11 heavy (non-hydrogen) atoms. The van der Waals surface area contributed by atoms with Crippen molar-refractivity contribution >= 4 is 5.91 Å². The van der Waals surface area contributed by atoms with Gasteiger partial charge in [-0.15, -0.1) is 0 Å². The van der Waals surface area contributed by atoms with Gasteiger partial charge in [-0.25, -0.2) is 0 Å². The number of hydrogen-bond acceptors (Lipinski definition) is 2. The summed E-state index contributed by atoms with van der Waals surface area (Å²) in [5.41, 5.74) is 5.51. The summed E-state index contributed by atoms with van der Waals surface area (Å²) in [6, 6.07) is 0. The van der Waals surface area contributed by atoms with Gasteiger partial charge in [0.25, 0.3) is 0 Å². The molecule has 3 nitrogen and oxygen atoms in total. The highest BCUT2D eigenvalue weighted by atomic mass is 16.1. The Morgan fingerprint density at radius 1 is 1.45 bits per heavy atom. The Balaban J connectivity index is 3.81. The van der Waals surface area contributed by atoms with Crippen LogP contribution in [-0.2, 0) is 4.79 Å². The zero-order valence-corrected chi connectivity index (χ0v) is 7.26. The second-order valence-corrected chi connectivity index (χ2v) is 2.43. The zero-order chi connectivity index (χ0) is 8.85. The zero-order valence-electron chi connectivity index (χ0n) is 7.26. The molecule has 0 saturated heterocycles. The van der Waals surface area contributed by atoms with Crippen molar-refractivity contribution in [1.29, 1.82) is 0 Å². The number of nitrogens with two attached hydrogens (primary N) is 1. The number of amides is 1. The fourth-order valence-corrected chi connectivity index (χ4v) is 0.795. The summed E-state index contributed by atoms with van der Waals surface area (Å²) in [4.78, 5) is 12.7. The predicted octanol–water partition coefficient (Wildman–Crippen LogP) is 0.370. The molecule has 0 aliphatic rings. The van der Waals surface area contributed by atoms with E-state index in [4.69, 9.17) is 5.73 Å². The lowest BCUT2D eigenvalue weighted by atomic mass is 10.2. The summed E-state index contributed by atoms with van der Waals surface area (Å²) in [5.74, 6) is -0.406. The number of rotatable bonds is 5. The Morgan fingerprint density at radius 3 is 2.18 bits per heavy atom. The fraction of sp³-hybridized carbons (Fsp3) is 0.625. The number of likely N-dealkylation sites (N-methyl/N-ethyl adjacent to an activating group) is 1. The van der Waals surface area contributed by atoms with Crippen LogP contribution in [0.4, 0.5) is 0 Å². The summed E-state index contributed by atoms with van der Waals surface area (Å²) < 4.78 is 0. The van der Waals surface area contributed by atoms with Crippen LogP contribution in [0.5, 0.6) is 0 Å². The lowest BCUT2D eigenvalue weighted by Crippen LogP contribution is -2.29. The van der Waals surface area contributed by atoms with E-state index in [1.165, 1.54) is 0 Å². The minimum atomic E-state index is -0.406. The fourth-order valence-electron chi connectivity index (χ4n) is 0.795. The molecular formula is C8H16N2O. The molecule has 0 unspecified atom stereocenters. The first-order chi connectivity index (χ1) is 5.11. The number of hydrogen-bond donors (Lipinski definition) is 1. The van der Waals surface area contributed by atoms with Crippen LogP contribution in [0.1, 0.15) is 13.8 Å². The maximum atomic E-state index is 10.6. The minimum Gasteiger partial charge on any atom is -0.366 e. The van der Waals surface area contributed by atoms with E-state index in [1.54, 1.807) is 0 Å². The second kappa shape index (κ2) is 4.91. The van der Waals surface area contributed by atoms with Crippen molar-refractivity contribution in [3.8, 4) is 0 Å². The van der Waals surface area contributed by atoms with E-state index in [2.05, 4.69) is 11.5 Å². The highest BCUT2D eigenvalue weighted by molar-refractivity contribution is 5.91. The molecule has 0 spiro atoms. The Bertz CT molecular complexity index is 150. The van der Waals surface area contributed by atoms with Gasteiger partial charge in [0.2, 0.25) is 5.91 Å². The summed E-state index contributed by atoms with van der Waals surface area (Å²) >= 11 is 0. The first-order valence-electron chi connectivity index (χ1n) is 3.81. The van der Waals surface area contributed by atoms with Gasteiger partial charge in [-0.1, -0.05) is 20.4 Å². The van der Waals surface area contributed by atoms with Crippen LogP contribution in [0.15, 0.2) is 12.2 Å². The molecule has 0 saturated carbocycles. The topological polar surface area (TPSA) is 46.3 Å². The molecule has 64 valence electrons. The van der Waals surface area contributed by atoms with Crippen LogP contribution >= 0.6 is 0 Å². The van der Waals surface area contributed by atoms with Crippen molar-refractivity contribution in [2.24, 2.45) is 5.73 Å². The molecule has 2 N–H and O–H groups in total. The molecule has 3 heteroatoms. The molecule has 0 atom stereocenters. The van der Waals surface area contributed by atoms with Crippen molar-refractivity contribution < 1.29 is 4.79 Å². The summed E-state index contributed by atoms with van der Waals surface area (Å²) in [5, 5.41) is 0. The third kappa shape index (κ3) is 3.78. The highest BCUT2D eigenvalue weighted by Gasteiger charge is 2.05. The van der Waals surface area contributed by atoms with Crippen molar-refractivity contribution in [3.63, 3.8) is 0 Å². The van der Waals surface area contributed by atoms with E-state index in [9.17, 15) is 4.79 Å². The average molecular weight is 156 g/mol. The van der Waals surface area contributed by atoms with Crippen molar-refractivity contribution in [2.75, 3.05) is 19.6 Å². The minimum absolute atomic E-state index is 0.406. The van der Waals surface area contributed by atoms with Crippen LogP contribution < -0.4 is 5.73 Å². The first-order valence-corrected chi connectivity index (χ1v) is 3.81. The molecule has 0 aromatic heterocycles. The van der Waals surface area contributed by atoms with Crippen molar-refractivity contribution in [2.45, 2.75) is 13.8 Å². The van der Waals surface area contributed by atoms with Gasteiger partial charge in [0.15, 0.2) is 0 Å². The van der Waals surface area contributed by atoms with E-state index in [0.717, 1.165) is 13.1 Å². The molecule has 0 radical (unpaired) electrons. The van der Waals surface area contributed by atoms with Crippen LogP contribution in [0.3, 0.4) is 0 Å². The average Bonchev–Trinajstić information content (AvgIpc) is 1.99. The summed E-state index contributed by atoms with van der Waals surface area (Å²) in [7, 11) is 0. The number of primary amides is 1. The molecule has 0 aromatic rings. The standard InChI is InChI=1S/C8H16N2O/c1-4-10(5-2)6-7(3)8(9)11/h3-6H2,1-2H3,(H2,9,11). The normalized spacial score (nSPS) is 10.1. The number of nitrogens with zero attached hydrogens (tertiary/aromatic N) is 1. The molecule has 0 aromatic carbocycles. The summed E-state index contributed by atoms with van der Waals surface area (Å²) in [6.07, 6.45) is 0. The van der Waals surface area contributed by atoms with E-state index in [-0.39, 0.29) is 0 Å². The maximum absolute atomic E-state index is 10.6. The Kier molecular flexibility index (Phi) is 4.54. The van der Waals surface area contributed by atoms with Gasteiger partial charge in [-0.2, -0.15) is 0 Å². The molecule has 1 amide bonds. The smallest absolute Gasteiger partial charge is 0.245 e. The SMILES string of the molecule is C=C(CN(CC)CC)C(N)=O. The van der Waals surface area contributed by atoms with E-state index in [0.29, 0.717) is 12.1 Å². The number of carbonyl (C=O) groups excluding carboxylic acids is 1. The van der Waals surface area contributed by atoms with Gasteiger partial charge >= 0.3 is 0 Å². The molecule has 0 aliphatic carbocycles. The summed E-state index contributed by atoms with van der Waals surface area (Å²) in [6.45, 7) is 10.1. The van der Waals surface area contributed by atoms with E-state index < -0.39 is 5.91 Å². The Morgan fingerprint density at radius 2 is 1.91 bits per heavy atom. The largest absolute Gasteiger partial charge is 0.366 e. The molecule has 0 fully saturated rings. The number of carbonyl (C=O) groups is 1. The predicted molar refractivity (Wildman–Crippen MR) is 46.1 cm³/mol. The van der Waals surface area contributed by atoms with E-state index in [1.807, 2.05) is 13.8 Å². The monoisotopic (exact) mass is 156 g/mol. The van der Waals surface area contributed by atoms with Gasteiger partial charge in [-0.3, -0.25) is 9.69 Å². The highest BCUT2D eigenvalue weighted by Crippen LogP contribution is 1.94. The van der Waals surface area contributed by atoms with Crippen molar-refractivity contribution in [3.05, 3.63) is 12.2 Å². The van der Waals surface area contributed by atoms with Crippen molar-refractivity contribution in [1.82, 2.24) is 4.90 Å². The lowest BCUT2D eigenvalue weighted by Gasteiger charge is -2.17. The molecule has 0 bridgehead atoms. The van der Waals surface area contributed by atoms with Gasteiger partial charge in [-0.05, 0) is 13.1 Å². The molecule has 0 aliphatic heterocycles. The third-order valence-corrected chi connectivity index (χ3v) is 1.66. The molecule has 0 heterocycles. The molecule has 0 rings (SSSR count). The van der Waals surface area contributed by atoms with Crippen LogP contribution in [0.25, 0.3) is 0 Å². The Hall–Kier alpha value is -0.830. The van der Waals surface area contributed by atoms with Crippen LogP contribution in [-0.4, -0.2) is 30.4 Å². The second-order valence-electron chi connectivity index (χ2n) is 2.43.